The molecule has 0 bridgehead atoms. The fourth-order valence-corrected chi connectivity index (χ4v) is 5.51. The normalized spacial score (nSPS) is 16.5. The van der Waals surface area contributed by atoms with E-state index >= 15 is 0 Å². The van der Waals surface area contributed by atoms with E-state index in [2.05, 4.69) is 10.3 Å². The Morgan fingerprint density at radius 2 is 1.70 bits per heavy atom. The van der Waals surface area contributed by atoms with E-state index in [4.69, 9.17) is 4.74 Å². The zero-order valence-electron chi connectivity index (χ0n) is 19.0. The summed E-state index contributed by atoms with van der Waals surface area (Å²) in [5.41, 5.74) is 3.04. The van der Waals surface area contributed by atoms with Crippen LogP contribution < -0.4 is 10.1 Å². The lowest BCUT2D eigenvalue weighted by Gasteiger charge is -2.15. The number of Topliss-reactive ketones (excluding diaryl/α,β-unsaturated/α-hetero) is 1. The van der Waals surface area contributed by atoms with Crippen LogP contribution >= 0.6 is 11.3 Å². The Labute approximate surface area is 220 Å². The summed E-state index contributed by atoms with van der Waals surface area (Å²) < 4.78 is 21.1. The number of halogens is 1. The third kappa shape index (κ3) is 5.64. The SMILES string of the molecule is C.C.COc1ccc2nc(Nc3ccc(-c4ccc(C(=O)[C@@H]5CCC[C@H]5C(=O)O)cc4)cc3F)sc2c1. The number of fused-ring (bicyclic) bond motifs is 1. The van der Waals surface area contributed by atoms with E-state index in [9.17, 15) is 19.1 Å². The van der Waals surface area contributed by atoms with Crippen LogP contribution in [0.1, 0.15) is 44.5 Å². The summed E-state index contributed by atoms with van der Waals surface area (Å²) in [6.07, 6.45) is 1.88. The number of methoxy groups -OCH3 is 1. The third-order valence-electron chi connectivity index (χ3n) is 6.48. The number of carbonyl (C=O) groups excluding carboxylic acids is 1. The quantitative estimate of drug-likeness (QED) is 0.241. The molecule has 6 nitrogen and oxygen atoms in total. The molecule has 1 saturated carbocycles. The van der Waals surface area contributed by atoms with Crippen LogP contribution in [0, 0.1) is 17.7 Å². The van der Waals surface area contributed by atoms with Crippen molar-refractivity contribution in [2.24, 2.45) is 11.8 Å². The first kappa shape index (κ1) is 27.8. The van der Waals surface area contributed by atoms with Crippen molar-refractivity contribution in [3.05, 3.63) is 72.0 Å². The van der Waals surface area contributed by atoms with Crippen LogP contribution in [0.3, 0.4) is 0 Å². The standard InChI is InChI=1S/C27H23FN2O4S.2CH4/c1-34-18-10-12-23-24(14-18)35-27(30-23)29-22-11-9-17(13-21(22)28)15-5-7-16(8-6-15)25(31)19-3-2-4-20(19)26(32)33;;/h5-14,19-20H,2-4H2,1H3,(H,29,30)(H,32,33);2*1H4/t19-,20-;;/m1../s1. The van der Waals surface area contributed by atoms with Gasteiger partial charge in [0.15, 0.2) is 10.9 Å². The second-order valence-electron chi connectivity index (χ2n) is 8.60. The van der Waals surface area contributed by atoms with Gasteiger partial charge in [-0.15, -0.1) is 0 Å². The number of nitrogens with one attached hydrogen (secondary N) is 1. The molecule has 1 aliphatic carbocycles. The Bertz CT molecular complexity index is 1420. The monoisotopic (exact) mass is 522 g/mol. The predicted octanol–water partition coefficient (Wildman–Crippen LogP) is 7.81. The Morgan fingerprint density at radius 3 is 2.38 bits per heavy atom. The molecule has 37 heavy (non-hydrogen) atoms. The molecule has 0 saturated heterocycles. The van der Waals surface area contributed by atoms with Gasteiger partial charge >= 0.3 is 5.97 Å². The smallest absolute Gasteiger partial charge is 0.307 e. The van der Waals surface area contributed by atoms with E-state index in [1.54, 1.807) is 43.5 Å². The molecule has 4 aromatic rings. The lowest BCUT2D eigenvalue weighted by atomic mass is 9.88. The number of aliphatic carboxylic acids is 1. The average molecular weight is 523 g/mol. The number of nitrogens with zero attached hydrogens (tertiary/aromatic N) is 1. The van der Waals surface area contributed by atoms with Crippen molar-refractivity contribution < 1.29 is 23.8 Å². The first-order valence-electron chi connectivity index (χ1n) is 11.3. The molecule has 0 aliphatic heterocycles. The molecule has 1 aliphatic rings. The minimum atomic E-state index is -0.910. The van der Waals surface area contributed by atoms with Crippen molar-refractivity contribution in [2.75, 3.05) is 12.4 Å². The van der Waals surface area contributed by atoms with Crippen LogP contribution in [-0.4, -0.2) is 29.0 Å². The number of carbonyl (C=O) groups is 2. The highest BCUT2D eigenvalue weighted by atomic mass is 32.1. The maximum atomic E-state index is 14.9. The average Bonchev–Trinajstić information content (AvgIpc) is 3.51. The second kappa shape index (κ2) is 11.5. The summed E-state index contributed by atoms with van der Waals surface area (Å²) in [5, 5.41) is 13.0. The minimum Gasteiger partial charge on any atom is -0.497 e. The number of carboxylic acid groups (broad SMARTS) is 1. The van der Waals surface area contributed by atoms with E-state index in [1.807, 2.05) is 18.2 Å². The first-order chi connectivity index (χ1) is 16.9. The van der Waals surface area contributed by atoms with Crippen molar-refractivity contribution in [2.45, 2.75) is 34.1 Å². The van der Waals surface area contributed by atoms with Crippen LogP contribution in [0.2, 0.25) is 0 Å². The minimum absolute atomic E-state index is 0. The lowest BCUT2D eigenvalue weighted by molar-refractivity contribution is -0.142. The van der Waals surface area contributed by atoms with E-state index in [-0.39, 0.29) is 20.6 Å². The number of hydrogen-bond acceptors (Lipinski definition) is 6. The molecule has 1 aromatic heterocycles. The molecule has 194 valence electrons. The highest BCUT2D eigenvalue weighted by Crippen LogP contribution is 2.35. The van der Waals surface area contributed by atoms with E-state index < -0.39 is 23.6 Å². The summed E-state index contributed by atoms with van der Waals surface area (Å²) in [7, 11) is 1.61. The molecule has 8 heteroatoms. The highest BCUT2D eigenvalue weighted by Gasteiger charge is 2.37. The van der Waals surface area contributed by atoms with Crippen molar-refractivity contribution >= 4 is 44.1 Å². The zero-order valence-corrected chi connectivity index (χ0v) is 19.8. The Morgan fingerprint density at radius 1 is 1.00 bits per heavy atom. The number of anilines is 2. The Hall–Kier alpha value is -3.78. The van der Waals surface area contributed by atoms with Crippen LogP contribution in [-0.2, 0) is 4.79 Å². The predicted molar refractivity (Wildman–Crippen MR) is 148 cm³/mol. The fraction of sp³-hybridized carbons (Fsp3) is 0.276. The van der Waals surface area contributed by atoms with Gasteiger partial charge in [-0.05, 0) is 54.3 Å². The molecule has 1 fully saturated rings. The topological polar surface area (TPSA) is 88.5 Å². The number of hydrogen-bond donors (Lipinski definition) is 2. The van der Waals surface area contributed by atoms with Crippen LogP contribution in [0.5, 0.6) is 5.75 Å². The Balaban J connectivity index is 0.00000190. The van der Waals surface area contributed by atoms with Crippen LogP contribution in [0.15, 0.2) is 60.7 Å². The van der Waals surface area contributed by atoms with Gasteiger partial charge in [0, 0.05) is 11.5 Å². The number of carboxylic acids is 1. The van der Waals surface area contributed by atoms with Gasteiger partial charge in [0.2, 0.25) is 0 Å². The maximum Gasteiger partial charge on any atom is 0.307 e. The largest absolute Gasteiger partial charge is 0.497 e. The molecule has 0 unspecified atom stereocenters. The summed E-state index contributed by atoms with van der Waals surface area (Å²) in [6.45, 7) is 0. The summed E-state index contributed by atoms with van der Waals surface area (Å²) in [5.74, 6) is -1.83. The van der Waals surface area contributed by atoms with Crippen molar-refractivity contribution in [1.82, 2.24) is 4.98 Å². The first-order valence-corrected chi connectivity index (χ1v) is 12.1. The van der Waals surface area contributed by atoms with E-state index in [0.717, 1.165) is 28.0 Å². The fourth-order valence-electron chi connectivity index (χ4n) is 4.61. The van der Waals surface area contributed by atoms with Crippen molar-refractivity contribution in [3.8, 4) is 16.9 Å². The zero-order chi connectivity index (χ0) is 24.5. The lowest BCUT2D eigenvalue weighted by Crippen LogP contribution is -2.25. The molecule has 0 amide bonds. The van der Waals surface area contributed by atoms with E-state index in [1.165, 1.54) is 17.4 Å². The number of aromatic nitrogens is 1. The summed E-state index contributed by atoms with van der Waals surface area (Å²) >= 11 is 1.41. The van der Waals surface area contributed by atoms with Gasteiger partial charge in [-0.1, -0.05) is 62.9 Å². The van der Waals surface area contributed by atoms with Gasteiger partial charge in [0.25, 0.3) is 0 Å². The molecular formula is C29H31FN2O4S. The maximum absolute atomic E-state index is 14.9. The number of thiazole rings is 1. The van der Waals surface area contributed by atoms with Gasteiger partial charge in [-0.25, -0.2) is 9.37 Å². The van der Waals surface area contributed by atoms with Gasteiger partial charge < -0.3 is 15.2 Å². The number of benzene rings is 3. The molecular weight excluding hydrogens is 491 g/mol. The van der Waals surface area contributed by atoms with Crippen LogP contribution in [0.25, 0.3) is 21.3 Å². The number of rotatable bonds is 7. The van der Waals surface area contributed by atoms with Gasteiger partial charge in [0.1, 0.15) is 11.6 Å². The summed E-state index contributed by atoms with van der Waals surface area (Å²) in [6, 6.07) is 17.4. The molecule has 5 rings (SSSR count). The number of ketones is 1. The van der Waals surface area contributed by atoms with Gasteiger partial charge in [-0.3, -0.25) is 9.59 Å². The van der Waals surface area contributed by atoms with Crippen LogP contribution in [0.4, 0.5) is 15.2 Å². The Kier molecular flexibility index (Phi) is 8.65. The highest BCUT2D eigenvalue weighted by molar-refractivity contribution is 7.22. The van der Waals surface area contributed by atoms with Crippen molar-refractivity contribution in [1.29, 1.82) is 0 Å². The molecule has 2 N–H and O–H groups in total. The van der Waals surface area contributed by atoms with Crippen molar-refractivity contribution in [3.63, 3.8) is 0 Å². The van der Waals surface area contributed by atoms with E-state index in [0.29, 0.717) is 34.8 Å². The second-order valence-corrected chi connectivity index (χ2v) is 9.63. The number of ether oxygens (including phenoxy) is 1. The molecule has 1 heterocycles. The molecule has 2 atom stereocenters. The van der Waals surface area contributed by atoms with Gasteiger partial charge in [-0.2, -0.15) is 0 Å². The van der Waals surface area contributed by atoms with Gasteiger partial charge in [0.05, 0.1) is 28.9 Å². The third-order valence-corrected chi connectivity index (χ3v) is 7.41. The summed E-state index contributed by atoms with van der Waals surface area (Å²) in [4.78, 5) is 28.8. The molecule has 0 spiro atoms. The molecule has 3 aromatic carbocycles. The molecule has 0 radical (unpaired) electrons.